The standard InChI is InChI=1S/C16H19N5O/c1-2-14-19-20-16-15(17-10-11-6-5-9-22-11)18-12-7-3-4-8-13(12)21(14)16/h3-4,7-8,11H,2,5-6,9-10H2,1H3,(H,17,18). The molecule has 0 bridgehead atoms. The summed E-state index contributed by atoms with van der Waals surface area (Å²) in [5, 5.41) is 12.0. The lowest BCUT2D eigenvalue weighted by Gasteiger charge is -2.13. The molecule has 0 spiro atoms. The van der Waals surface area contributed by atoms with E-state index in [0.29, 0.717) is 0 Å². The van der Waals surface area contributed by atoms with E-state index in [9.17, 15) is 0 Å². The van der Waals surface area contributed by atoms with Gasteiger partial charge >= 0.3 is 0 Å². The average molecular weight is 297 g/mol. The zero-order valence-electron chi connectivity index (χ0n) is 12.6. The summed E-state index contributed by atoms with van der Waals surface area (Å²) in [6.07, 6.45) is 3.34. The summed E-state index contributed by atoms with van der Waals surface area (Å²) in [4.78, 5) is 4.72. The minimum absolute atomic E-state index is 0.266. The van der Waals surface area contributed by atoms with Crippen LogP contribution in [0.25, 0.3) is 16.7 Å². The normalized spacial score (nSPS) is 18.3. The predicted octanol–water partition coefficient (Wildman–Crippen LogP) is 2.43. The molecule has 1 saturated heterocycles. The van der Waals surface area contributed by atoms with Crippen molar-refractivity contribution in [2.75, 3.05) is 18.5 Å². The van der Waals surface area contributed by atoms with E-state index in [-0.39, 0.29) is 6.10 Å². The molecule has 6 heteroatoms. The van der Waals surface area contributed by atoms with Gasteiger partial charge in [0, 0.05) is 19.6 Å². The van der Waals surface area contributed by atoms with Crippen LogP contribution in [0.3, 0.4) is 0 Å². The number of benzene rings is 1. The van der Waals surface area contributed by atoms with Crippen molar-refractivity contribution in [1.29, 1.82) is 0 Å². The first-order chi connectivity index (χ1) is 10.9. The molecule has 0 amide bonds. The Morgan fingerprint density at radius 3 is 3.05 bits per heavy atom. The lowest BCUT2D eigenvalue weighted by atomic mass is 10.2. The van der Waals surface area contributed by atoms with Gasteiger partial charge in [0.25, 0.3) is 0 Å². The molecule has 1 atom stereocenters. The molecule has 1 N–H and O–H groups in total. The van der Waals surface area contributed by atoms with Gasteiger partial charge in [-0.2, -0.15) is 0 Å². The largest absolute Gasteiger partial charge is 0.376 e. The fourth-order valence-electron chi connectivity index (χ4n) is 3.00. The lowest BCUT2D eigenvalue weighted by Crippen LogP contribution is -2.19. The Labute approximate surface area is 128 Å². The highest BCUT2D eigenvalue weighted by Crippen LogP contribution is 2.22. The van der Waals surface area contributed by atoms with Crippen molar-refractivity contribution in [3.05, 3.63) is 30.1 Å². The van der Waals surface area contributed by atoms with E-state index >= 15 is 0 Å². The van der Waals surface area contributed by atoms with Crippen LogP contribution in [0.1, 0.15) is 25.6 Å². The van der Waals surface area contributed by atoms with Crippen LogP contribution in [0.5, 0.6) is 0 Å². The zero-order valence-corrected chi connectivity index (χ0v) is 12.6. The van der Waals surface area contributed by atoms with E-state index in [4.69, 9.17) is 9.72 Å². The molecule has 6 nitrogen and oxygen atoms in total. The van der Waals surface area contributed by atoms with E-state index in [1.165, 1.54) is 0 Å². The van der Waals surface area contributed by atoms with Crippen LogP contribution in [0, 0.1) is 0 Å². The molecule has 1 fully saturated rings. The molecule has 3 aromatic rings. The second-order valence-corrected chi connectivity index (χ2v) is 5.59. The molecule has 1 aromatic carbocycles. The summed E-state index contributed by atoms with van der Waals surface area (Å²) in [7, 11) is 0. The Morgan fingerprint density at radius 1 is 1.32 bits per heavy atom. The van der Waals surface area contributed by atoms with Crippen molar-refractivity contribution in [2.45, 2.75) is 32.3 Å². The summed E-state index contributed by atoms with van der Waals surface area (Å²) in [6.45, 7) is 3.71. The van der Waals surface area contributed by atoms with Crippen molar-refractivity contribution in [1.82, 2.24) is 19.6 Å². The number of hydrogen-bond acceptors (Lipinski definition) is 5. The minimum Gasteiger partial charge on any atom is -0.376 e. The number of fused-ring (bicyclic) bond motifs is 3. The third kappa shape index (κ3) is 2.20. The molecule has 3 heterocycles. The quantitative estimate of drug-likeness (QED) is 0.801. The van der Waals surface area contributed by atoms with Crippen molar-refractivity contribution in [3.63, 3.8) is 0 Å². The van der Waals surface area contributed by atoms with E-state index in [0.717, 1.165) is 60.7 Å². The second kappa shape index (κ2) is 5.53. The Hall–Kier alpha value is -2.21. The molecule has 22 heavy (non-hydrogen) atoms. The first-order valence-corrected chi connectivity index (χ1v) is 7.85. The Morgan fingerprint density at radius 2 is 2.23 bits per heavy atom. The molecule has 1 aliphatic heterocycles. The summed E-state index contributed by atoms with van der Waals surface area (Å²) in [6, 6.07) is 8.09. The van der Waals surface area contributed by atoms with Gasteiger partial charge in [0.2, 0.25) is 5.65 Å². The van der Waals surface area contributed by atoms with Crippen LogP contribution in [0.2, 0.25) is 0 Å². The van der Waals surface area contributed by atoms with Gasteiger partial charge in [0.15, 0.2) is 5.82 Å². The summed E-state index contributed by atoms with van der Waals surface area (Å²) < 4.78 is 7.76. The number of nitrogens with one attached hydrogen (secondary N) is 1. The maximum Gasteiger partial charge on any atom is 0.204 e. The molecule has 1 unspecified atom stereocenters. The van der Waals surface area contributed by atoms with Gasteiger partial charge in [0.05, 0.1) is 17.1 Å². The summed E-state index contributed by atoms with van der Waals surface area (Å²) in [5.74, 6) is 1.73. The topological polar surface area (TPSA) is 64.3 Å². The van der Waals surface area contributed by atoms with E-state index in [1.54, 1.807) is 0 Å². The third-order valence-corrected chi connectivity index (χ3v) is 4.13. The number of ether oxygens (including phenoxy) is 1. The maximum absolute atomic E-state index is 5.67. The number of para-hydroxylation sites is 2. The smallest absolute Gasteiger partial charge is 0.204 e. The highest BCUT2D eigenvalue weighted by atomic mass is 16.5. The number of aryl methyl sites for hydroxylation is 1. The highest BCUT2D eigenvalue weighted by molar-refractivity contribution is 5.82. The van der Waals surface area contributed by atoms with Gasteiger partial charge in [-0.05, 0) is 25.0 Å². The first kappa shape index (κ1) is 13.5. The van der Waals surface area contributed by atoms with Crippen molar-refractivity contribution in [3.8, 4) is 0 Å². The summed E-state index contributed by atoms with van der Waals surface area (Å²) in [5.41, 5.74) is 2.77. The third-order valence-electron chi connectivity index (χ3n) is 4.13. The van der Waals surface area contributed by atoms with Crippen LogP contribution in [-0.2, 0) is 11.2 Å². The Bertz CT molecular complexity index is 807. The van der Waals surface area contributed by atoms with Gasteiger partial charge in [-0.1, -0.05) is 19.1 Å². The molecule has 0 radical (unpaired) electrons. The van der Waals surface area contributed by atoms with Crippen LogP contribution < -0.4 is 5.32 Å². The Balaban J connectivity index is 1.80. The molecule has 4 rings (SSSR count). The number of nitrogens with zero attached hydrogens (tertiary/aromatic N) is 4. The Kier molecular flexibility index (Phi) is 3.38. The van der Waals surface area contributed by atoms with Crippen LogP contribution in [-0.4, -0.2) is 38.8 Å². The predicted molar refractivity (Wildman–Crippen MR) is 85.1 cm³/mol. The van der Waals surface area contributed by atoms with Gasteiger partial charge in [0.1, 0.15) is 5.82 Å². The first-order valence-electron chi connectivity index (χ1n) is 7.85. The average Bonchev–Trinajstić information content (AvgIpc) is 3.22. The van der Waals surface area contributed by atoms with Gasteiger partial charge in [-0.15, -0.1) is 10.2 Å². The molecule has 0 saturated carbocycles. The van der Waals surface area contributed by atoms with Crippen LogP contribution >= 0.6 is 0 Å². The number of rotatable bonds is 4. The highest BCUT2D eigenvalue weighted by Gasteiger charge is 2.18. The van der Waals surface area contributed by atoms with Gasteiger partial charge in [-0.25, -0.2) is 4.98 Å². The van der Waals surface area contributed by atoms with Gasteiger partial charge < -0.3 is 10.1 Å². The molecular weight excluding hydrogens is 278 g/mol. The molecule has 2 aromatic heterocycles. The van der Waals surface area contributed by atoms with E-state index < -0.39 is 0 Å². The van der Waals surface area contributed by atoms with E-state index in [1.807, 2.05) is 18.2 Å². The molecular formula is C16H19N5O. The van der Waals surface area contributed by atoms with Crippen molar-refractivity contribution >= 4 is 22.5 Å². The fourth-order valence-corrected chi connectivity index (χ4v) is 3.00. The fraction of sp³-hybridized carbons (Fsp3) is 0.438. The lowest BCUT2D eigenvalue weighted by molar-refractivity contribution is 0.120. The molecule has 1 aliphatic rings. The number of aromatic nitrogens is 4. The molecule has 114 valence electrons. The number of hydrogen-bond donors (Lipinski definition) is 1. The number of anilines is 1. The van der Waals surface area contributed by atoms with Gasteiger partial charge in [-0.3, -0.25) is 4.40 Å². The van der Waals surface area contributed by atoms with Crippen LogP contribution in [0.15, 0.2) is 24.3 Å². The maximum atomic E-state index is 5.67. The van der Waals surface area contributed by atoms with Crippen molar-refractivity contribution in [2.24, 2.45) is 0 Å². The van der Waals surface area contributed by atoms with Crippen LogP contribution in [0.4, 0.5) is 5.82 Å². The minimum atomic E-state index is 0.266. The SMILES string of the molecule is CCc1nnc2c(NCC3CCCO3)nc3ccccc3n12. The van der Waals surface area contributed by atoms with E-state index in [2.05, 4.69) is 32.9 Å². The second-order valence-electron chi connectivity index (χ2n) is 5.59. The summed E-state index contributed by atoms with van der Waals surface area (Å²) >= 11 is 0. The molecule has 0 aliphatic carbocycles. The zero-order chi connectivity index (χ0) is 14.9. The monoisotopic (exact) mass is 297 g/mol. The van der Waals surface area contributed by atoms with Crippen molar-refractivity contribution < 1.29 is 4.74 Å².